The first kappa shape index (κ1) is 14.3. The first-order valence-corrected chi connectivity index (χ1v) is 6.35. The zero-order chi connectivity index (χ0) is 13.3. The minimum Gasteiger partial charge on any atom is -0.444 e. The number of carbonyl (C=O) groups is 1. The van der Waals surface area contributed by atoms with Crippen molar-refractivity contribution in [2.45, 2.75) is 58.7 Å². The molecule has 1 saturated heterocycles. The van der Waals surface area contributed by atoms with Crippen molar-refractivity contribution in [3.05, 3.63) is 0 Å². The molecule has 4 nitrogen and oxygen atoms in total. The van der Waals surface area contributed by atoms with Gasteiger partial charge in [-0.1, -0.05) is 20.3 Å². The lowest BCUT2D eigenvalue weighted by atomic mass is 9.84. The summed E-state index contributed by atoms with van der Waals surface area (Å²) in [6, 6.07) is 0. The second kappa shape index (κ2) is 4.84. The van der Waals surface area contributed by atoms with Gasteiger partial charge in [0.2, 0.25) is 0 Å². The molecule has 1 aliphatic heterocycles. The van der Waals surface area contributed by atoms with E-state index in [-0.39, 0.29) is 6.09 Å². The molecule has 1 atom stereocenters. The number of ether oxygens (including phenoxy) is 1. The zero-order valence-corrected chi connectivity index (χ0v) is 11.6. The number of amides is 1. The standard InChI is InChI=1S/C13H25NO3/c1-6-10(2)7-13(16)8-14(9-13)11(15)17-12(3,4)5/h10,16H,6-9H2,1-5H3. The van der Waals surface area contributed by atoms with Gasteiger partial charge in [0, 0.05) is 0 Å². The molecule has 0 radical (unpaired) electrons. The lowest BCUT2D eigenvalue weighted by molar-refractivity contribution is -0.109. The predicted octanol–water partition coefficient (Wildman–Crippen LogP) is 2.40. The Morgan fingerprint density at radius 1 is 1.47 bits per heavy atom. The van der Waals surface area contributed by atoms with Crippen molar-refractivity contribution in [1.82, 2.24) is 4.90 Å². The van der Waals surface area contributed by atoms with Crippen molar-refractivity contribution < 1.29 is 14.6 Å². The molecule has 0 saturated carbocycles. The van der Waals surface area contributed by atoms with Gasteiger partial charge in [-0.2, -0.15) is 0 Å². The Morgan fingerprint density at radius 3 is 2.41 bits per heavy atom. The average Bonchev–Trinajstić information content (AvgIpc) is 2.10. The molecule has 0 bridgehead atoms. The molecular formula is C13H25NO3. The number of aliphatic hydroxyl groups is 1. The van der Waals surface area contributed by atoms with Gasteiger partial charge in [0.05, 0.1) is 13.1 Å². The molecule has 1 rings (SSSR count). The summed E-state index contributed by atoms with van der Waals surface area (Å²) in [7, 11) is 0. The largest absolute Gasteiger partial charge is 0.444 e. The highest BCUT2D eigenvalue weighted by Gasteiger charge is 2.45. The number of hydrogen-bond acceptors (Lipinski definition) is 3. The molecule has 1 heterocycles. The van der Waals surface area contributed by atoms with Crippen LogP contribution in [0.15, 0.2) is 0 Å². The molecule has 1 unspecified atom stereocenters. The summed E-state index contributed by atoms with van der Waals surface area (Å²) in [5, 5.41) is 10.2. The fourth-order valence-corrected chi connectivity index (χ4v) is 2.04. The summed E-state index contributed by atoms with van der Waals surface area (Å²) < 4.78 is 5.24. The topological polar surface area (TPSA) is 49.8 Å². The number of likely N-dealkylation sites (tertiary alicyclic amines) is 1. The Hall–Kier alpha value is -0.770. The van der Waals surface area contributed by atoms with Crippen LogP contribution < -0.4 is 0 Å². The van der Waals surface area contributed by atoms with Crippen molar-refractivity contribution in [2.24, 2.45) is 5.92 Å². The first-order valence-electron chi connectivity index (χ1n) is 6.35. The molecule has 0 aromatic carbocycles. The first-order chi connectivity index (χ1) is 7.65. The van der Waals surface area contributed by atoms with E-state index >= 15 is 0 Å². The summed E-state index contributed by atoms with van der Waals surface area (Å²) >= 11 is 0. The van der Waals surface area contributed by atoms with E-state index in [0.29, 0.717) is 19.0 Å². The predicted molar refractivity (Wildman–Crippen MR) is 66.8 cm³/mol. The van der Waals surface area contributed by atoms with Crippen LogP contribution in [0, 0.1) is 5.92 Å². The molecule has 1 N–H and O–H groups in total. The second-order valence-corrected chi connectivity index (χ2v) is 6.28. The van der Waals surface area contributed by atoms with Crippen molar-refractivity contribution in [3.63, 3.8) is 0 Å². The molecule has 1 fully saturated rings. The maximum atomic E-state index is 11.7. The van der Waals surface area contributed by atoms with E-state index in [1.807, 2.05) is 20.8 Å². The van der Waals surface area contributed by atoms with Crippen LogP contribution in [0.4, 0.5) is 4.79 Å². The number of nitrogens with zero attached hydrogens (tertiary/aromatic N) is 1. The van der Waals surface area contributed by atoms with Crippen LogP contribution in [-0.4, -0.2) is 40.4 Å². The van der Waals surface area contributed by atoms with Crippen LogP contribution in [0.2, 0.25) is 0 Å². The van der Waals surface area contributed by atoms with E-state index in [0.717, 1.165) is 12.8 Å². The Kier molecular flexibility index (Phi) is 4.07. The minimum atomic E-state index is -0.702. The smallest absolute Gasteiger partial charge is 0.410 e. The van der Waals surface area contributed by atoms with Gasteiger partial charge < -0.3 is 14.7 Å². The van der Waals surface area contributed by atoms with E-state index in [4.69, 9.17) is 4.74 Å². The number of β-amino-alcohol motifs (C(OH)–C–C–N with tert-alkyl or cyclic N) is 1. The number of hydrogen-bond donors (Lipinski definition) is 1. The van der Waals surface area contributed by atoms with Gasteiger partial charge in [-0.15, -0.1) is 0 Å². The SMILES string of the molecule is CCC(C)CC1(O)CN(C(=O)OC(C)(C)C)C1. The van der Waals surface area contributed by atoms with E-state index in [1.54, 1.807) is 4.90 Å². The summed E-state index contributed by atoms with van der Waals surface area (Å²) in [6.07, 6.45) is 1.48. The maximum Gasteiger partial charge on any atom is 0.410 e. The Balaban J connectivity index is 2.38. The summed E-state index contributed by atoms with van der Waals surface area (Å²) in [6.45, 7) is 10.5. The zero-order valence-electron chi connectivity index (χ0n) is 11.6. The van der Waals surface area contributed by atoms with Crippen molar-refractivity contribution in [3.8, 4) is 0 Å². The van der Waals surface area contributed by atoms with Gasteiger partial charge in [-0.05, 0) is 33.1 Å². The van der Waals surface area contributed by atoms with E-state index in [2.05, 4.69) is 13.8 Å². The fourth-order valence-electron chi connectivity index (χ4n) is 2.04. The third kappa shape index (κ3) is 4.19. The molecule has 1 aliphatic rings. The molecule has 100 valence electrons. The lowest BCUT2D eigenvalue weighted by Gasteiger charge is -2.47. The third-order valence-corrected chi connectivity index (χ3v) is 3.05. The fraction of sp³-hybridized carbons (Fsp3) is 0.923. The average molecular weight is 243 g/mol. The van der Waals surface area contributed by atoms with Gasteiger partial charge in [0.25, 0.3) is 0 Å². The van der Waals surface area contributed by atoms with Crippen molar-refractivity contribution in [2.75, 3.05) is 13.1 Å². The second-order valence-electron chi connectivity index (χ2n) is 6.28. The molecule has 0 aromatic heterocycles. The molecule has 4 heteroatoms. The van der Waals surface area contributed by atoms with E-state index < -0.39 is 11.2 Å². The molecule has 0 spiro atoms. The van der Waals surface area contributed by atoms with Gasteiger partial charge in [-0.3, -0.25) is 0 Å². The van der Waals surface area contributed by atoms with E-state index in [9.17, 15) is 9.90 Å². The number of rotatable bonds is 3. The van der Waals surface area contributed by atoms with Gasteiger partial charge in [-0.25, -0.2) is 4.79 Å². The van der Waals surface area contributed by atoms with E-state index in [1.165, 1.54) is 0 Å². The molecule has 0 aliphatic carbocycles. The molecule has 0 aromatic rings. The Morgan fingerprint density at radius 2 is 2.00 bits per heavy atom. The van der Waals surface area contributed by atoms with Gasteiger partial charge in [0.15, 0.2) is 0 Å². The minimum absolute atomic E-state index is 0.327. The third-order valence-electron chi connectivity index (χ3n) is 3.05. The van der Waals surface area contributed by atoms with Crippen LogP contribution in [-0.2, 0) is 4.74 Å². The normalized spacial score (nSPS) is 20.7. The quantitative estimate of drug-likeness (QED) is 0.828. The van der Waals surface area contributed by atoms with Crippen LogP contribution in [0.1, 0.15) is 47.5 Å². The summed E-state index contributed by atoms with van der Waals surface area (Å²) in [5.41, 5.74) is -1.17. The van der Waals surface area contributed by atoms with Gasteiger partial charge >= 0.3 is 6.09 Å². The molecule has 17 heavy (non-hydrogen) atoms. The van der Waals surface area contributed by atoms with Crippen LogP contribution in [0.5, 0.6) is 0 Å². The van der Waals surface area contributed by atoms with Crippen molar-refractivity contribution in [1.29, 1.82) is 0 Å². The molecule has 1 amide bonds. The van der Waals surface area contributed by atoms with Crippen LogP contribution in [0.25, 0.3) is 0 Å². The highest BCUT2D eigenvalue weighted by atomic mass is 16.6. The lowest BCUT2D eigenvalue weighted by Crippen LogP contribution is -2.64. The highest BCUT2D eigenvalue weighted by Crippen LogP contribution is 2.30. The van der Waals surface area contributed by atoms with Crippen LogP contribution >= 0.6 is 0 Å². The van der Waals surface area contributed by atoms with Crippen LogP contribution in [0.3, 0.4) is 0 Å². The Labute approximate surface area is 104 Å². The Bertz CT molecular complexity index is 277. The number of carbonyl (C=O) groups excluding carboxylic acids is 1. The molecular weight excluding hydrogens is 218 g/mol. The monoisotopic (exact) mass is 243 g/mol. The van der Waals surface area contributed by atoms with Crippen molar-refractivity contribution >= 4 is 6.09 Å². The summed E-state index contributed by atoms with van der Waals surface area (Å²) in [5.74, 6) is 0.487. The summed E-state index contributed by atoms with van der Waals surface area (Å²) in [4.78, 5) is 13.2. The van der Waals surface area contributed by atoms with Gasteiger partial charge in [0.1, 0.15) is 11.2 Å². The maximum absolute atomic E-state index is 11.7. The highest BCUT2D eigenvalue weighted by molar-refractivity contribution is 5.69.